The quantitative estimate of drug-likeness (QED) is 0.680. The average Bonchev–Trinajstić information content (AvgIpc) is 2.64. The molecule has 2 rings (SSSR count). The summed E-state index contributed by atoms with van der Waals surface area (Å²) in [6, 6.07) is 14.2. The van der Waals surface area contributed by atoms with Gasteiger partial charge in [-0.3, -0.25) is 25.2 Å². The predicted molar refractivity (Wildman–Crippen MR) is 96.5 cm³/mol. The number of carbonyl (C=O) groups excluding carboxylic acids is 3. The number of hydrogen-bond donors (Lipinski definition) is 3. The zero-order valence-corrected chi connectivity index (χ0v) is 14.7. The van der Waals surface area contributed by atoms with Gasteiger partial charge in [0.1, 0.15) is 5.75 Å². The van der Waals surface area contributed by atoms with Crippen molar-refractivity contribution in [3.05, 3.63) is 65.2 Å². The van der Waals surface area contributed by atoms with Crippen molar-refractivity contribution in [2.45, 2.75) is 13.8 Å². The first kappa shape index (κ1) is 19.0. The number of rotatable bonds is 6. The number of hydrogen-bond acceptors (Lipinski definition) is 4. The summed E-state index contributed by atoms with van der Waals surface area (Å²) in [5.41, 5.74) is 6.76. The molecule has 0 saturated carbocycles. The smallest absolute Gasteiger partial charge is 0.276 e. The summed E-state index contributed by atoms with van der Waals surface area (Å²) < 4.78 is 5.48. The maximum atomic E-state index is 11.8. The number of aryl methyl sites for hydroxylation is 2. The summed E-state index contributed by atoms with van der Waals surface area (Å²) >= 11 is 0. The van der Waals surface area contributed by atoms with Crippen molar-refractivity contribution in [2.24, 2.45) is 0 Å². The Bertz CT molecular complexity index is 770. The molecule has 7 heteroatoms. The first-order valence-electron chi connectivity index (χ1n) is 8.07. The second kappa shape index (κ2) is 9.22. The number of benzene rings is 2. The molecule has 136 valence electrons. The third kappa shape index (κ3) is 5.62. The van der Waals surface area contributed by atoms with Crippen LogP contribution in [-0.2, 0) is 9.59 Å². The van der Waals surface area contributed by atoms with E-state index in [0.29, 0.717) is 11.3 Å². The van der Waals surface area contributed by atoms with Gasteiger partial charge in [-0.2, -0.15) is 0 Å². The highest BCUT2D eigenvalue weighted by molar-refractivity contribution is 5.96. The topological polar surface area (TPSA) is 96.5 Å². The van der Waals surface area contributed by atoms with E-state index >= 15 is 0 Å². The second-order valence-electron chi connectivity index (χ2n) is 5.65. The minimum Gasteiger partial charge on any atom is -0.483 e. The van der Waals surface area contributed by atoms with E-state index in [1.54, 1.807) is 30.3 Å². The van der Waals surface area contributed by atoms with Gasteiger partial charge in [-0.25, -0.2) is 0 Å². The number of nitrogens with one attached hydrogen (secondary N) is 3. The standard InChI is InChI=1S/C19H21N3O4/c1-13-7-6-8-14(2)18(13)26-12-17(24)22-21-16(23)11-20-19(25)15-9-4-3-5-10-15/h3-10H,11-12H2,1-2H3,(H,20,25)(H,21,23)(H,22,24). The zero-order valence-electron chi connectivity index (χ0n) is 14.7. The Labute approximate surface area is 151 Å². The van der Waals surface area contributed by atoms with Crippen LogP contribution in [0.5, 0.6) is 5.75 Å². The first-order valence-corrected chi connectivity index (χ1v) is 8.07. The Balaban J connectivity index is 1.70. The maximum Gasteiger partial charge on any atom is 0.276 e. The van der Waals surface area contributed by atoms with Crippen LogP contribution in [0.3, 0.4) is 0 Å². The normalized spacial score (nSPS) is 9.92. The van der Waals surface area contributed by atoms with Gasteiger partial charge < -0.3 is 10.1 Å². The number of hydrazine groups is 1. The molecule has 3 amide bonds. The van der Waals surface area contributed by atoms with Gasteiger partial charge in [0.15, 0.2) is 6.61 Å². The van der Waals surface area contributed by atoms with Gasteiger partial charge in [-0.15, -0.1) is 0 Å². The summed E-state index contributed by atoms with van der Waals surface area (Å²) in [4.78, 5) is 35.3. The van der Waals surface area contributed by atoms with E-state index in [0.717, 1.165) is 11.1 Å². The number of carbonyl (C=O) groups is 3. The van der Waals surface area contributed by atoms with Crippen LogP contribution in [0.2, 0.25) is 0 Å². The average molecular weight is 355 g/mol. The van der Waals surface area contributed by atoms with E-state index in [9.17, 15) is 14.4 Å². The third-order valence-electron chi connectivity index (χ3n) is 3.54. The van der Waals surface area contributed by atoms with Crippen molar-refractivity contribution in [3.63, 3.8) is 0 Å². The SMILES string of the molecule is Cc1cccc(C)c1OCC(=O)NNC(=O)CNC(=O)c1ccccc1. The summed E-state index contributed by atoms with van der Waals surface area (Å²) in [6.07, 6.45) is 0. The Morgan fingerprint density at radius 1 is 0.846 bits per heavy atom. The lowest BCUT2D eigenvalue weighted by molar-refractivity contribution is -0.129. The van der Waals surface area contributed by atoms with Crippen LogP contribution in [0.4, 0.5) is 0 Å². The molecule has 7 nitrogen and oxygen atoms in total. The minimum absolute atomic E-state index is 0.234. The molecule has 0 fully saturated rings. The van der Waals surface area contributed by atoms with Gasteiger partial charge in [0.2, 0.25) is 0 Å². The van der Waals surface area contributed by atoms with Gasteiger partial charge >= 0.3 is 0 Å². The van der Waals surface area contributed by atoms with Gasteiger partial charge in [-0.05, 0) is 37.1 Å². The highest BCUT2D eigenvalue weighted by Crippen LogP contribution is 2.21. The van der Waals surface area contributed by atoms with E-state index in [4.69, 9.17) is 4.74 Å². The molecule has 26 heavy (non-hydrogen) atoms. The largest absolute Gasteiger partial charge is 0.483 e. The molecular weight excluding hydrogens is 334 g/mol. The number of amides is 3. The molecule has 0 unspecified atom stereocenters. The highest BCUT2D eigenvalue weighted by atomic mass is 16.5. The molecule has 0 aliphatic carbocycles. The van der Waals surface area contributed by atoms with E-state index < -0.39 is 11.8 Å². The molecule has 3 N–H and O–H groups in total. The van der Waals surface area contributed by atoms with Gasteiger partial charge in [0.05, 0.1) is 6.54 Å². The lowest BCUT2D eigenvalue weighted by atomic mass is 10.1. The molecule has 0 saturated heterocycles. The predicted octanol–water partition coefficient (Wildman–Crippen LogP) is 1.26. The molecule has 0 aliphatic rings. The molecule has 2 aromatic rings. The van der Waals surface area contributed by atoms with Crippen LogP contribution in [0, 0.1) is 13.8 Å². The minimum atomic E-state index is -0.547. The molecule has 0 aromatic heterocycles. The van der Waals surface area contributed by atoms with Crippen molar-refractivity contribution in [1.29, 1.82) is 0 Å². The first-order chi connectivity index (χ1) is 12.5. The summed E-state index contributed by atoms with van der Waals surface area (Å²) in [5, 5.41) is 2.46. The Kier molecular flexibility index (Phi) is 6.73. The summed E-state index contributed by atoms with van der Waals surface area (Å²) in [5.74, 6) is -0.778. The third-order valence-corrected chi connectivity index (χ3v) is 3.54. The Morgan fingerprint density at radius 2 is 1.46 bits per heavy atom. The van der Waals surface area contributed by atoms with Crippen molar-refractivity contribution >= 4 is 17.7 Å². The molecule has 0 aliphatic heterocycles. The fourth-order valence-electron chi connectivity index (χ4n) is 2.24. The van der Waals surface area contributed by atoms with Crippen molar-refractivity contribution in [1.82, 2.24) is 16.2 Å². The van der Waals surface area contributed by atoms with Crippen molar-refractivity contribution in [3.8, 4) is 5.75 Å². The van der Waals surface area contributed by atoms with Crippen LogP contribution in [0.25, 0.3) is 0 Å². The summed E-state index contributed by atoms with van der Waals surface area (Å²) in [6.45, 7) is 3.28. The van der Waals surface area contributed by atoms with Crippen LogP contribution in [-0.4, -0.2) is 30.9 Å². The van der Waals surface area contributed by atoms with E-state index in [1.165, 1.54) is 0 Å². The summed E-state index contributed by atoms with van der Waals surface area (Å²) in [7, 11) is 0. The molecular formula is C19H21N3O4. The Hall–Kier alpha value is -3.35. The van der Waals surface area contributed by atoms with E-state index in [2.05, 4.69) is 16.2 Å². The maximum absolute atomic E-state index is 11.8. The molecule has 0 radical (unpaired) electrons. The van der Waals surface area contributed by atoms with Gasteiger partial charge in [-0.1, -0.05) is 36.4 Å². The lowest BCUT2D eigenvalue weighted by Gasteiger charge is -2.12. The molecule has 0 spiro atoms. The van der Waals surface area contributed by atoms with Crippen molar-refractivity contribution in [2.75, 3.05) is 13.2 Å². The highest BCUT2D eigenvalue weighted by Gasteiger charge is 2.10. The number of ether oxygens (including phenoxy) is 1. The van der Waals surface area contributed by atoms with E-state index in [1.807, 2.05) is 32.0 Å². The molecule has 2 aromatic carbocycles. The van der Waals surface area contributed by atoms with Crippen LogP contribution >= 0.6 is 0 Å². The van der Waals surface area contributed by atoms with Crippen molar-refractivity contribution < 1.29 is 19.1 Å². The van der Waals surface area contributed by atoms with Crippen LogP contribution in [0.15, 0.2) is 48.5 Å². The van der Waals surface area contributed by atoms with Gasteiger partial charge in [0.25, 0.3) is 17.7 Å². The Morgan fingerprint density at radius 3 is 2.12 bits per heavy atom. The molecule has 0 heterocycles. The fraction of sp³-hybridized carbons (Fsp3) is 0.211. The van der Waals surface area contributed by atoms with E-state index in [-0.39, 0.29) is 19.1 Å². The fourth-order valence-corrected chi connectivity index (χ4v) is 2.24. The van der Waals surface area contributed by atoms with Crippen LogP contribution in [0.1, 0.15) is 21.5 Å². The zero-order chi connectivity index (χ0) is 18.9. The second-order valence-corrected chi connectivity index (χ2v) is 5.65. The van der Waals surface area contributed by atoms with Gasteiger partial charge in [0, 0.05) is 5.56 Å². The molecule has 0 bridgehead atoms. The lowest BCUT2D eigenvalue weighted by Crippen LogP contribution is -2.47. The van der Waals surface area contributed by atoms with Crippen LogP contribution < -0.4 is 20.9 Å². The number of para-hydroxylation sites is 1. The molecule has 0 atom stereocenters. The monoisotopic (exact) mass is 355 g/mol.